The fraction of sp³-hybridized carbons (Fsp3) is 0.500. The highest BCUT2D eigenvalue weighted by atomic mass is 35.5. The lowest BCUT2D eigenvalue weighted by molar-refractivity contribution is 0.456. The molecule has 0 saturated heterocycles. The van der Waals surface area contributed by atoms with Gasteiger partial charge < -0.3 is 10.6 Å². The molecule has 0 aliphatic carbocycles. The molecule has 1 aromatic rings. The summed E-state index contributed by atoms with van der Waals surface area (Å²) in [6.07, 6.45) is 0.920. The maximum atomic E-state index is 6.00. The fourth-order valence-corrected chi connectivity index (χ4v) is 1.86. The van der Waals surface area contributed by atoms with Crippen LogP contribution in [0.1, 0.15) is 20.3 Å². The van der Waals surface area contributed by atoms with E-state index in [4.69, 9.17) is 28.9 Å². The first-order valence-corrected chi connectivity index (χ1v) is 6.03. The van der Waals surface area contributed by atoms with Crippen LogP contribution in [0.4, 0.5) is 5.69 Å². The number of halogens is 2. The average Bonchev–Trinajstić information content (AvgIpc) is 2.21. The molecule has 0 spiro atoms. The third kappa shape index (κ3) is 3.03. The lowest BCUT2D eigenvalue weighted by atomic mass is 9.98. The first-order valence-electron chi connectivity index (χ1n) is 5.27. The van der Waals surface area contributed by atoms with Crippen molar-refractivity contribution < 1.29 is 0 Å². The Kier molecular flexibility index (Phi) is 4.48. The average molecular weight is 261 g/mol. The van der Waals surface area contributed by atoms with Gasteiger partial charge in [0.15, 0.2) is 0 Å². The van der Waals surface area contributed by atoms with Crippen molar-refractivity contribution in [2.45, 2.75) is 25.8 Å². The van der Waals surface area contributed by atoms with Gasteiger partial charge in [-0.3, -0.25) is 0 Å². The van der Waals surface area contributed by atoms with Crippen molar-refractivity contribution in [3.8, 4) is 0 Å². The van der Waals surface area contributed by atoms with Crippen LogP contribution in [0, 0.1) is 0 Å². The van der Waals surface area contributed by atoms with Crippen molar-refractivity contribution in [2.75, 3.05) is 18.5 Å². The molecule has 0 atom stereocenters. The van der Waals surface area contributed by atoms with E-state index in [2.05, 4.69) is 18.7 Å². The van der Waals surface area contributed by atoms with Crippen LogP contribution >= 0.6 is 23.2 Å². The molecule has 1 aromatic carbocycles. The smallest absolute Gasteiger partial charge is 0.0612 e. The van der Waals surface area contributed by atoms with Crippen LogP contribution in [0.3, 0.4) is 0 Å². The minimum Gasteiger partial charge on any atom is -0.369 e. The number of nitrogens with two attached hydrogens (primary N) is 1. The van der Waals surface area contributed by atoms with E-state index < -0.39 is 0 Å². The molecule has 2 nitrogen and oxygen atoms in total. The Morgan fingerprint density at radius 2 is 1.88 bits per heavy atom. The van der Waals surface area contributed by atoms with E-state index in [0.29, 0.717) is 16.6 Å². The maximum absolute atomic E-state index is 6.00. The van der Waals surface area contributed by atoms with E-state index in [-0.39, 0.29) is 5.54 Å². The molecular weight excluding hydrogens is 243 g/mol. The van der Waals surface area contributed by atoms with Gasteiger partial charge in [0, 0.05) is 18.3 Å². The fourth-order valence-electron chi connectivity index (χ4n) is 1.56. The summed E-state index contributed by atoms with van der Waals surface area (Å²) in [6.45, 7) is 4.98. The molecule has 0 fully saturated rings. The minimum absolute atomic E-state index is 0.00586. The molecule has 0 aliphatic rings. The van der Waals surface area contributed by atoms with Crippen LogP contribution in [0.15, 0.2) is 18.2 Å². The van der Waals surface area contributed by atoms with E-state index in [1.807, 2.05) is 25.2 Å². The second-order valence-electron chi connectivity index (χ2n) is 4.51. The number of nitrogens with zero attached hydrogens (tertiary/aromatic N) is 1. The van der Waals surface area contributed by atoms with Crippen molar-refractivity contribution in [3.05, 3.63) is 28.2 Å². The molecule has 1 rings (SSSR count). The van der Waals surface area contributed by atoms with Crippen LogP contribution in [0.25, 0.3) is 0 Å². The first-order chi connectivity index (χ1) is 7.38. The molecule has 0 aromatic heterocycles. The molecule has 16 heavy (non-hydrogen) atoms. The van der Waals surface area contributed by atoms with Crippen molar-refractivity contribution in [2.24, 2.45) is 5.73 Å². The van der Waals surface area contributed by atoms with Gasteiger partial charge in [0.1, 0.15) is 0 Å². The van der Waals surface area contributed by atoms with Crippen LogP contribution < -0.4 is 10.6 Å². The Bertz CT molecular complexity index is 364. The third-order valence-electron chi connectivity index (χ3n) is 2.95. The topological polar surface area (TPSA) is 29.3 Å². The van der Waals surface area contributed by atoms with Crippen LogP contribution in [0.2, 0.25) is 10.0 Å². The lowest BCUT2D eigenvalue weighted by Gasteiger charge is -2.37. The summed E-state index contributed by atoms with van der Waals surface area (Å²) in [7, 11) is 2.04. The molecule has 0 bridgehead atoms. The number of hydrogen-bond donors (Lipinski definition) is 1. The van der Waals surface area contributed by atoms with Gasteiger partial charge in [0.05, 0.1) is 10.0 Å². The molecule has 0 amide bonds. The predicted molar refractivity (Wildman–Crippen MR) is 72.6 cm³/mol. The Labute approximate surface area is 107 Å². The van der Waals surface area contributed by atoms with Crippen molar-refractivity contribution >= 4 is 28.9 Å². The van der Waals surface area contributed by atoms with Gasteiger partial charge in [-0.1, -0.05) is 23.2 Å². The van der Waals surface area contributed by atoms with Crippen LogP contribution in [-0.4, -0.2) is 19.1 Å². The van der Waals surface area contributed by atoms with Gasteiger partial charge in [-0.25, -0.2) is 0 Å². The SMILES string of the molecule is CN(c1ccc(Cl)c(Cl)c1)C(C)(C)CCN. The van der Waals surface area contributed by atoms with E-state index in [9.17, 15) is 0 Å². The van der Waals surface area contributed by atoms with E-state index in [1.165, 1.54) is 0 Å². The molecule has 90 valence electrons. The summed E-state index contributed by atoms with van der Waals surface area (Å²) in [5, 5.41) is 1.16. The third-order valence-corrected chi connectivity index (χ3v) is 3.69. The summed E-state index contributed by atoms with van der Waals surface area (Å²) in [6, 6.07) is 5.66. The van der Waals surface area contributed by atoms with Gasteiger partial charge in [0.25, 0.3) is 0 Å². The molecule has 0 radical (unpaired) electrons. The molecular formula is C12H18Cl2N2. The monoisotopic (exact) mass is 260 g/mol. The second kappa shape index (κ2) is 5.26. The Hall–Kier alpha value is -0.440. The zero-order valence-electron chi connectivity index (χ0n) is 9.93. The zero-order valence-corrected chi connectivity index (χ0v) is 11.4. The Morgan fingerprint density at radius 1 is 1.25 bits per heavy atom. The van der Waals surface area contributed by atoms with E-state index >= 15 is 0 Å². The summed E-state index contributed by atoms with van der Waals surface area (Å²) in [5.74, 6) is 0. The molecule has 0 unspecified atom stereocenters. The number of hydrogen-bond acceptors (Lipinski definition) is 2. The predicted octanol–water partition coefficient (Wildman–Crippen LogP) is 3.56. The summed E-state index contributed by atoms with van der Waals surface area (Å²) < 4.78 is 0. The van der Waals surface area contributed by atoms with Gasteiger partial charge in [-0.2, -0.15) is 0 Å². The molecule has 2 N–H and O–H groups in total. The molecule has 0 aliphatic heterocycles. The van der Waals surface area contributed by atoms with Gasteiger partial charge >= 0.3 is 0 Å². The second-order valence-corrected chi connectivity index (χ2v) is 5.32. The van der Waals surface area contributed by atoms with Gasteiger partial charge in [-0.05, 0) is 45.0 Å². The largest absolute Gasteiger partial charge is 0.369 e. The lowest BCUT2D eigenvalue weighted by Crippen LogP contribution is -2.42. The van der Waals surface area contributed by atoms with E-state index in [1.54, 1.807) is 0 Å². The first kappa shape index (κ1) is 13.6. The minimum atomic E-state index is 0.00586. The number of anilines is 1. The Morgan fingerprint density at radius 3 is 2.38 bits per heavy atom. The molecule has 4 heteroatoms. The summed E-state index contributed by atoms with van der Waals surface area (Å²) in [4.78, 5) is 2.17. The molecule has 0 heterocycles. The Balaban J connectivity index is 2.95. The highest BCUT2D eigenvalue weighted by Gasteiger charge is 2.23. The molecule has 0 saturated carbocycles. The number of rotatable bonds is 4. The summed E-state index contributed by atoms with van der Waals surface area (Å²) in [5.41, 5.74) is 6.67. The van der Waals surface area contributed by atoms with Crippen molar-refractivity contribution in [1.82, 2.24) is 0 Å². The standard InChI is InChI=1S/C12H18Cl2N2/c1-12(2,6-7-15)16(3)9-4-5-10(13)11(14)8-9/h4-5,8H,6-7,15H2,1-3H3. The zero-order chi connectivity index (χ0) is 12.3. The van der Waals surface area contributed by atoms with Crippen molar-refractivity contribution in [1.29, 1.82) is 0 Å². The highest BCUT2D eigenvalue weighted by molar-refractivity contribution is 6.42. The van der Waals surface area contributed by atoms with E-state index in [0.717, 1.165) is 12.1 Å². The van der Waals surface area contributed by atoms with Gasteiger partial charge in [0.2, 0.25) is 0 Å². The normalized spacial score (nSPS) is 11.6. The van der Waals surface area contributed by atoms with Crippen LogP contribution in [-0.2, 0) is 0 Å². The number of benzene rings is 1. The maximum Gasteiger partial charge on any atom is 0.0612 e. The van der Waals surface area contributed by atoms with Crippen LogP contribution in [0.5, 0.6) is 0 Å². The quantitative estimate of drug-likeness (QED) is 0.897. The van der Waals surface area contributed by atoms with Crippen molar-refractivity contribution in [3.63, 3.8) is 0 Å². The summed E-state index contributed by atoms with van der Waals surface area (Å²) >= 11 is 11.9. The highest BCUT2D eigenvalue weighted by Crippen LogP contribution is 2.30. The van der Waals surface area contributed by atoms with Gasteiger partial charge in [-0.15, -0.1) is 0 Å².